The molecular formula is C38H46BrFN4O5Si. The van der Waals surface area contributed by atoms with Crippen LogP contribution in [0.25, 0.3) is 0 Å². The molecule has 3 aliphatic heterocycles. The first-order valence-corrected chi connectivity index (χ1v) is 21.2. The second-order valence-corrected chi connectivity index (χ2v) is 19.0. The molecule has 0 aliphatic carbocycles. The van der Waals surface area contributed by atoms with Crippen molar-refractivity contribution in [3.8, 4) is 0 Å². The minimum absolute atomic E-state index is 0.0279. The van der Waals surface area contributed by atoms with E-state index in [1.54, 1.807) is 22.9 Å². The molecule has 9 nitrogen and oxygen atoms in total. The zero-order chi connectivity index (χ0) is 35.6. The van der Waals surface area contributed by atoms with Crippen molar-refractivity contribution in [2.24, 2.45) is 11.8 Å². The lowest BCUT2D eigenvalue weighted by Crippen LogP contribution is -2.45. The molecule has 0 aromatic heterocycles. The molecule has 266 valence electrons. The molecule has 1 spiro atoms. The van der Waals surface area contributed by atoms with E-state index in [1.807, 2.05) is 79.7 Å². The number of aliphatic hydroxyl groups excluding tert-OH is 1. The number of fused-ring (bicyclic) bond motifs is 2. The van der Waals surface area contributed by atoms with Gasteiger partial charge in [0.25, 0.3) is 5.91 Å². The summed E-state index contributed by atoms with van der Waals surface area (Å²) >= 11 is 3.59. The number of nitrogens with one attached hydrogen (secondary N) is 2. The maximum Gasteiger partial charge on any atom is 0.264 e. The van der Waals surface area contributed by atoms with Crippen LogP contribution in [0.4, 0.5) is 15.5 Å². The normalized spacial score (nSPS) is 24.8. The van der Waals surface area contributed by atoms with Crippen molar-refractivity contribution >= 4 is 53.4 Å². The standard InChI is InChI=1S/C38H46BrFN4O5Si/c1-25-35(50(2,3)40)33(21-34(46)43(17-18-45)23-26-9-5-4-6-10-26)49-38(25)31-20-29(39)14-15-32(31)44(37(38)48)24-27-11-7-13-30(19-27)42-36(47)28-12-8-16-41-22-28/h4-7,9-11,13-15,19-20,25,28,33,35,41,45H,8,12,16-18,21-24H2,1-3H3,(H,42,47)/t25-,28?,33+,35-,38+/m0/s1. The average Bonchev–Trinajstić information content (AvgIpc) is 3.51. The SMILES string of the molecule is C[C@H]1[C@H]([Si](C)(C)F)[C@@H](CC(=O)N(CCO)Cc2ccccc2)O[C@]12C(=O)N(Cc1cccc(NC(=O)C3CCCNC3)c1)c1ccc(Br)cc12. The van der Waals surface area contributed by atoms with E-state index in [1.165, 1.54) is 0 Å². The molecule has 50 heavy (non-hydrogen) atoms. The third-order valence-electron chi connectivity index (χ3n) is 10.4. The maximum atomic E-state index is 16.4. The fourth-order valence-corrected chi connectivity index (χ4v) is 11.0. The average molecular weight is 766 g/mol. The molecule has 1 unspecified atom stereocenters. The van der Waals surface area contributed by atoms with Crippen LogP contribution >= 0.6 is 15.9 Å². The molecule has 12 heteroatoms. The zero-order valence-corrected chi connectivity index (χ0v) is 31.4. The van der Waals surface area contributed by atoms with Gasteiger partial charge in [0.1, 0.15) is 0 Å². The summed E-state index contributed by atoms with van der Waals surface area (Å²) in [5, 5.41) is 16.1. The molecular weight excluding hydrogens is 719 g/mol. The first kappa shape index (κ1) is 36.4. The molecule has 2 fully saturated rings. The number of ether oxygens (including phenoxy) is 1. The molecule has 5 atom stereocenters. The second-order valence-electron chi connectivity index (χ2n) is 14.3. The quantitative estimate of drug-likeness (QED) is 0.160. The number of halogens is 2. The molecule has 0 bridgehead atoms. The van der Waals surface area contributed by atoms with Crippen molar-refractivity contribution < 1.29 is 28.3 Å². The summed E-state index contributed by atoms with van der Waals surface area (Å²) in [6.45, 7) is 7.11. The Bertz CT molecular complexity index is 1720. The minimum atomic E-state index is -3.51. The third-order valence-corrected chi connectivity index (χ3v) is 13.4. The first-order valence-electron chi connectivity index (χ1n) is 17.4. The molecule has 3 aliphatic rings. The third kappa shape index (κ3) is 7.31. The molecule has 0 radical (unpaired) electrons. The first-order chi connectivity index (χ1) is 23.9. The van der Waals surface area contributed by atoms with Crippen LogP contribution in [0.2, 0.25) is 18.6 Å². The van der Waals surface area contributed by atoms with Crippen molar-refractivity contribution in [3.05, 3.63) is 94.0 Å². The summed E-state index contributed by atoms with van der Waals surface area (Å²) in [6.07, 6.45) is 0.842. The van der Waals surface area contributed by atoms with Crippen LogP contribution in [0.1, 0.15) is 42.9 Å². The predicted octanol–water partition coefficient (Wildman–Crippen LogP) is 6.12. The molecule has 3 aromatic carbocycles. The van der Waals surface area contributed by atoms with E-state index >= 15 is 4.11 Å². The Balaban J connectivity index is 1.28. The number of carbonyl (C=O) groups is 3. The molecule has 6 rings (SSSR count). The Kier molecular flexibility index (Phi) is 10.9. The van der Waals surface area contributed by atoms with Crippen LogP contribution in [0.3, 0.4) is 0 Å². The van der Waals surface area contributed by atoms with E-state index in [0.717, 1.165) is 35.0 Å². The van der Waals surface area contributed by atoms with Gasteiger partial charge in [0, 0.05) is 46.8 Å². The summed E-state index contributed by atoms with van der Waals surface area (Å²) in [5.41, 5.74) is 1.56. The fraction of sp³-hybridized carbons (Fsp3) is 0.447. The topological polar surface area (TPSA) is 111 Å². The second kappa shape index (κ2) is 15.0. The molecule has 3 amide bonds. The van der Waals surface area contributed by atoms with Crippen molar-refractivity contribution in [2.45, 2.75) is 69.6 Å². The van der Waals surface area contributed by atoms with E-state index in [9.17, 15) is 19.5 Å². The number of nitrogens with zero attached hydrogens (tertiary/aromatic N) is 2. The largest absolute Gasteiger partial charge is 0.395 e. The van der Waals surface area contributed by atoms with Crippen molar-refractivity contribution in [1.29, 1.82) is 0 Å². The van der Waals surface area contributed by atoms with E-state index in [0.29, 0.717) is 30.0 Å². The van der Waals surface area contributed by atoms with Crippen LogP contribution in [0.15, 0.2) is 77.3 Å². The van der Waals surface area contributed by atoms with Gasteiger partial charge in [-0.05, 0) is 73.9 Å². The molecule has 3 heterocycles. The van der Waals surface area contributed by atoms with E-state index in [-0.39, 0.29) is 49.8 Å². The lowest BCUT2D eigenvalue weighted by atomic mass is 9.82. The molecule has 2 saturated heterocycles. The number of benzene rings is 3. The number of hydrogen-bond donors (Lipinski definition) is 3. The Labute approximate surface area is 302 Å². The van der Waals surface area contributed by atoms with Crippen LogP contribution < -0.4 is 15.5 Å². The van der Waals surface area contributed by atoms with Gasteiger partial charge in [0.05, 0.1) is 37.3 Å². The number of anilines is 2. The van der Waals surface area contributed by atoms with Crippen LogP contribution in [-0.2, 0) is 37.8 Å². The predicted molar refractivity (Wildman–Crippen MR) is 198 cm³/mol. The van der Waals surface area contributed by atoms with Gasteiger partial charge in [-0.1, -0.05) is 65.3 Å². The Morgan fingerprint density at radius 2 is 1.88 bits per heavy atom. The summed E-state index contributed by atoms with van der Waals surface area (Å²) in [7, 11) is -3.51. The lowest BCUT2D eigenvalue weighted by molar-refractivity contribution is -0.150. The van der Waals surface area contributed by atoms with Crippen LogP contribution in [-0.4, -0.2) is 68.5 Å². The maximum absolute atomic E-state index is 16.4. The highest BCUT2D eigenvalue weighted by Gasteiger charge is 2.67. The Morgan fingerprint density at radius 1 is 1.12 bits per heavy atom. The fourth-order valence-electron chi connectivity index (χ4n) is 8.14. The van der Waals surface area contributed by atoms with Gasteiger partial charge in [-0.3, -0.25) is 14.4 Å². The molecule has 0 saturated carbocycles. The zero-order valence-electron chi connectivity index (χ0n) is 28.8. The van der Waals surface area contributed by atoms with E-state index in [4.69, 9.17) is 4.74 Å². The van der Waals surface area contributed by atoms with Crippen molar-refractivity contribution in [3.63, 3.8) is 0 Å². The number of carbonyl (C=O) groups excluding carboxylic acids is 3. The van der Waals surface area contributed by atoms with Crippen LogP contribution in [0.5, 0.6) is 0 Å². The number of piperidine rings is 1. The number of amides is 3. The van der Waals surface area contributed by atoms with Gasteiger partial charge in [-0.2, -0.15) is 0 Å². The molecule has 3 N–H and O–H groups in total. The lowest BCUT2D eigenvalue weighted by Gasteiger charge is -2.31. The highest BCUT2D eigenvalue weighted by atomic mass is 79.9. The number of hydrogen-bond acceptors (Lipinski definition) is 6. The summed E-state index contributed by atoms with van der Waals surface area (Å²) < 4.78 is 24.0. The van der Waals surface area contributed by atoms with Gasteiger partial charge < -0.3 is 34.4 Å². The monoisotopic (exact) mass is 764 g/mol. The number of aliphatic hydroxyl groups is 1. The van der Waals surface area contributed by atoms with Gasteiger partial charge >= 0.3 is 0 Å². The van der Waals surface area contributed by atoms with Gasteiger partial charge in [0.2, 0.25) is 20.2 Å². The number of rotatable bonds is 11. The van der Waals surface area contributed by atoms with Crippen LogP contribution in [0, 0.1) is 11.8 Å². The summed E-state index contributed by atoms with van der Waals surface area (Å²) in [6, 6.07) is 22.6. The highest BCUT2D eigenvalue weighted by molar-refractivity contribution is 9.10. The highest BCUT2D eigenvalue weighted by Crippen LogP contribution is 2.60. The van der Waals surface area contributed by atoms with Gasteiger partial charge in [-0.15, -0.1) is 0 Å². The van der Waals surface area contributed by atoms with Crippen molar-refractivity contribution in [2.75, 3.05) is 36.5 Å². The van der Waals surface area contributed by atoms with Gasteiger partial charge in [-0.25, -0.2) is 0 Å². The van der Waals surface area contributed by atoms with Gasteiger partial charge in [0.15, 0.2) is 5.60 Å². The summed E-state index contributed by atoms with van der Waals surface area (Å²) in [5.74, 6) is -1.24. The van der Waals surface area contributed by atoms with E-state index in [2.05, 4.69) is 26.6 Å². The Hall–Kier alpha value is -3.42. The van der Waals surface area contributed by atoms with Crippen molar-refractivity contribution in [1.82, 2.24) is 10.2 Å². The minimum Gasteiger partial charge on any atom is -0.395 e. The molecule has 3 aromatic rings. The summed E-state index contributed by atoms with van der Waals surface area (Å²) in [4.78, 5) is 44.9. The van der Waals surface area contributed by atoms with E-state index < -0.39 is 31.6 Å². The Morgan fingerprint density at radius 3 is 2.58 bits per heavy atom. The smallest absolute Gasteiger partial charge is 0.264 e.